The van der Waals surface area contributed by atoms with Crippen molar-refractivity contribution < 1.29 is 9.59 Å². The fraction of sp³-hybridized carbons (Fsp3) is 0. The summed E-state index contributed by atoms with van der Waals surface area (Å²) >= 11 is 1.17. The number of carbonyl (C=O) groups is 2. The molecule has 1 aliphatic heterocycles. The second-order valence-electron chi connectivity index (χ2n) is 2.29. The van der Waals surface area contributed by atoms with Gasteiger partial charge in [0.2, 0.25) is 0 Å². The van der Waals surface area contributed by atoms with Gasteiger partial charge < -0.3 is 0 Å². The fourth-order valence-electron chi connectivity index (χ4n) is 0.649. The maximum atomic E-state index is 11.0. The van der Waals surface area contributed by atoms with Crippen LogP contribution in [0.3, 0.4) is 0 Å². The highest BCUT2D eigenvalue weighted by atomic mass is 32.2. The molecule has 14 heavy (non-hydrogen) atoms. The molecule has 4 nitrogen and oxygen atoms in total. The van der Waals surface area contributed by atoms with Crippen LogP contribution in [0.5, 0.6) is 0 Å². The zero-order valence-electron chi connectivity index (χ0n) is 7.21. The largest absolute Gasteiger partial charge is 0.290 e. The Morgan fingerprint density at radius 3 is 2.57 bits per heavy atom. The van der Waals surface area contributed by atoms with Gasteiger partial charge in [-0.2, -0.15) is 5.10 Å². The van der Waals surface area contributed by atoms with Crippen LogP contribution in [0.4, 0.5) is 0 Å². The van der Waals surface area contributed by atoms with Crippen LogP contribution in [0.15, 0.2) is 40.9 Å². The minimum Gasteiger partial charge on any atom is -0.290 e. The van der Waals surface area contributed by atoms with Gasteiger partial charge in [0.25, 0.3) is 0 Å². The molecule has 0 saturated carbocycles. The maximum absolute atomic E-state index is 11.0. The van der Waals surface area contributed by atoms with Crippen LogP contribution in [-0.4, -0.2) is 17.8 Å². The summed E-state index contributed by atoms with van der Waals surface area (Å²) in [6.07, 6.45) is 8.07. The molecule has 0 aromatic carbocycles. The van der Waals surface area contributed by atoms with Crippen LogP contribution < -0.4 is 4.83 Å². The van der Waals surface area contributed by atoms with E-state index in [0.717, 1.165) is 0 Å². The van der Waals surface area contributed by atoms with Crippen LogP contribution in [0.2, 0.25) is 0 Å². The number of carbonyl (C=O) groups excluding carboxylic acids is 2. The van der Waals surface area contributed by atoms with E-state index in [2.05, 4.69) is 9.93 Å². The van der Waals surface area contributed by atoms with Crippen LogP contribution in [0.25, 0.3) is 0 Å². The second kappa shape index (κ2) is 5.93. The van der Waals surface area contributed by atoms with Gasteiger partial charge in [-0.3, -0.25) is 9.59 Å². The molecule has 0 aromatic heterocycles. The molecule has 5 heteroatoms. The standard InChI is InChI=1S/C9H8N2O2S/c12-8-2-1-6-10-11-14-7-5-9(13)4-3-8/h1-7,11H/b2-1+,4-3-,7-5-,10-6-. The zero-order chi connectivity index (χ0) is 10.2. The van der Waals surface area contributed by atoms with Crippen molar-refractivity contribution in [3.8, 4) is 0 Å². The molecule has 0 fully saturated rings. The van der Waals surface area contributed by atoms with Crippen LogP contribution in [0.1, 0.15) is 0 Å². The molecule has 0 saturated heterocycles. The number of nitrogens with zero attached hydrogens (tertiary/aromatic N) is 1. The highest BCUT2D eigenvalue weighted by molar-refractivity contribution is 8.00. The average Bonchev–Trinajstić information content (AvgIpc) is 2.17. The number of nitrogens with one attached hydrogen (secondary N) is 1. The summed E-state index contributed by atoms with van der Waals surface area (Å²) in [6.45, 7) is 0. The number of hydrogen-bond donors (Lipinski definition) is 1. The first-order chi connectivity index (χ1) is 6.79. The van der Waals surface area contributed by atoms with Crippen molar-refractivity contribution in [1.29, 1.82) is 0 Å². The predicted octanol–water partition coefficient (Wildman–Crippen LogP) is 0.988. The minimum atomic E-state index is -0.244. The highest BCUT2D eigenvalue weighted by Gasteiger charge is 1.92. The molecule has 0 aromatic rings. The Kier molecular flexibility index (Phi) is 4.43. The van der Waals surface area contributed by atoms with Crippen molar-refractivity contribution in [2.24, 2.45) is 5.10 Å². The first kappa shape index (κ1) is 10.5. The molecule has 0 atom stereocenters. The fourth-order valence-corrected chi connectivity index (χ4v) is 1.03. The first-order valence-corrected chi connectivity index (χ1v) is 4.70. The molecule has 1 rings (SSSR count). The third-order valence-corrected chi connectivity index (χ3v) is 1.72. The van der Waals surface area contributed by atoms with E-state index in [1.165, 1.54) is 48.5 Å². The van der Waals surface area contributed by atoms with Gasteiger partial charge in [-0.25, -0.2) is 4.83 Å². The summed E-state index contributed by atoms with van der Waals surface area (Å²) in [5.74, 6) is -0.475. The number of allylic oxidation sites excluding steroid dienone is 5. The van der Waals surface area contributed by atoms with E-state index in [1.807, 2.05) is 0 Å². The zero-order valence-corrected chi connectivity index (χ0v) is 8.03. The number of ketones is 2. The molecular formula is C9H8N2O2S. The molecule has 0 aliphatic carbocycles. The maximum Gasteiger partial charge on any atom is 0.179 e. The molecule has 0 bridgehead atoms. The van der Waals surface area contributed by atoms with Gasteiger partial charge in [-0.1, -0.05) is 0 Å². The summed E-state index contributed by atoms with van der Waals surface area (Å²) in [5.41, 5.74) is 0. The van der Waals surface area contributed by atoms with Crippen molar-refractivity contribution >= 4 is 29.7 Å². The van der Waals surface area contributed by atoms with Gasteiger partial charge >= 0.3 is 0 Å². The first-order valence-electron chi connectivity index (χ1n) is 3.82. The van der Waals surface area contributed by atoms with Gasteiger partial charge in [0, 0.05) is 6.21 Å². The number of hydrazone groups is 1. The SMILES string of the molecule is O=C1/C=C\SN/N=C\C=C\C(=O)/C=C\1. The van der Waals surface area contributed by atoms with E-state index < -0.39 is 0 Å². The molecule has 1 aliphatic rings. The van der Waals surface area contributed by atoms with Crippen molar-refractivity contribution in [1.82, 2.24) is 4.83 Å². The topological polar surface area (TPSA) is 58.5 Å². The van der Waals surface area contributed by atoms with E-state index in [1.54, 1.807) is 5.41 Å². The van der Waals surface area contributed by atoms with Crippen molar-refractivity contribution in [2.75, 3.05) is 0 Å². The highest BCUT2D eigenvalue weighted by Crippen LogP contribution is 1.96. The molecule has 0 radical (unpaired) electrons. The molecule has 72 valence electrons. The number of rotatable bonds is 0. The smallest absolute Gasteiger partial charge is 0.179 e. The van der Waals surface area contributed by atoms with Gasteiger partial charge in [0.1, 0.15) is 0 Å². The quantitative estimate of drug-likeness (QED) is 0.603. The number of hydrogen-bond acceptors (Lipinski definition) is 5. The van der Waals surface area contributed by atoms with Crippen molar-refractivity contribution in [3.05, 3.63) is 35.8 Å². The molecule has 0 amide bonds. The normalized spacial score (nSPS) is 26.6. The Balaban J connectivity index is 2.73. The molecule has 0 spiro atoms. The summed E-state index contributed by atoms with van der Waals surface area (Å²) in [5, 5.41) is 5.28. The lowest BCUT2D eigenvalue weighted by atomic mass is 10.3. The van der Waals surface area contributed by atoms with Gasteiger partial charge in [-0.05, 0) is 47.7 Å². The second-order valence-corrected chi connectivity index (χ2v) is 2.98. The monoisotopic (exact) mass is 208 g/mol. The van der Waals surface area contributed by atoms with Crippen molar-refractivity contribution in [3.63, 3.8) is 0 Å². The van der Waals surface area contributed by atoms with Crippen LogP contribution in [-0.2, 0) is 9.59 Å². The molecule has 0 unspecified atom stereocenters. The van der Waals surface area contributed by atoms with Gasteiger partial charge in [-0.15, -0.1) is 0 Å². The lowest BCUT2D eigenvalue weighted by Crippen LogP contribution is -1.94. The minimum absolute atomic E-state index is 0.231. The molecule has 1 N–H and O–H groups in total. The van der Waals surface area contributed by atoms with E-state index in [0.29, 0.717) is 0 Å². The van der Waals surface area contributed by atoms with Crippen LogP contribution >= 0.6 is 11.9 Å². The Bertz CT molecular complexity index is 343. The van der Waals surface area contributed by atoms with E-state index in [4.69, 9.17) is 0 Å². The van der Waals surface area contributed by atoms with Crippen molar-refractivity contribution in [2.45, 2.75) is 0 Å². The van der Waals surface area contributed by atoms with E-state index >= 15 is 0 Å². The lowest BCUT2D eigenvalue weighted by Gasteiger charge is -1.90. The van der Waals surface area contributed by atoms with Gasteiger partial charge in [0.05, 0.1) is 0 Å². The Hall–Kier alpha value is -1.62. The summed E-state index contributed by atoms with van der Waals surface area (Å²) in [4.78, 5) is 24.6. The third-order valence-electron chi connectivity index (χ3n) is 1.24. The molecular weight excluding hydrogens is 200 g/mol. The van der Waals surface area contributed by atoms with E-state index in [9.17, 15) is 9.59 Å². The average molecular weight is 208 g/mol. The Morgan fingerprint density at radius 2 is 1.79 bits per heavy atom. The summed E-state index contributed by atoms with van der Waals surface area (Å²) < 4.78 is 0. The molecule has 1 heterocycles. The predicted molar refractivity (Wildman–Crippen MR) is 56.7 cm³/mol. The van der Waals surface area contributed by atoms with Crippen LogP contribution in [0, 0.1) is 0 Å². The third kappa shape index (κ3) is 4.42. The van der Waals surface area contributed by atoms with Gasteiger partial charge in [0.15, 0.2) is 11.6 Å². The van der Waals surface area contributed by atoms with E-state index in [-0.39, 0.29) is 11.6 Å². The Labute approximate surface area is 85.6 Å². The summed E-state index contributed by atoms with van der Waals surface area (Å²) in [7, 11) is 0. The lowest BCUT2D eigenvalue weighted by molar-refractivity contribution is -0.112. The summed E-state index contributed by atoms with van der Waals surface area (Å²) in [6, 6.07) is 0. The Morgan fingerprint density at radius 1 is 1.07 bits per heavy atom.